The highest BCUT2D eigenvalue weighted by molar-refractivity contribution is 7.31. The molecule has 2 aromatic carbocycles. The fourth-order valence-corrected chi connectivity index (χ4v) is 5.63. The third-order valence-electron chi connectivity index (χ3n) is 4.60. The summed E-state index contributed by atoms with van der Waals surface area (Å²) in [5.41, 5.74) is 1.55. The maximum absolute atomic E-state index is 14.5. The molecule has 29 heavy (non-hydrogen) atoms. The Balaban J connectivity index is 1.69. The number of rotatable bonds is 5. The number of fused-ring (bicyclic) bond motifs is 1. The average molecular weight is 432 g/mol. The Morgan fingerprint density at radius 2 is 1.55 bits per heavy atom. The van der Waals surface area contributed by atoms with Crippen LogP contribution >= 0.6 is 22.7 Å². The van der Waals surface area contributed by atoms with Gasteiger partial charge in [0.2, 0.25) is 0 Å². The van der Waals surface area contributed by atoms with Crippen molar-refractivity contribution in [3.8, 4) is 20.9 Å². The third-order valence-corrected chi connectivity index (χ3v) is 6.97. The molecule has 0 aliphatic rings. The molecule has 0 amide bonds. The molecule has 7 heteroatoms. The molecule has 4 aromatic rings. The van der Waals surface area contributed by atoms with Gasteiger partial charge in [0.15, 0.2) is 0 Å². The van der Waals surface area contributed by atoms with Gasteiger partial charge in [0.25, 0.3) is 0 Å². The zero-order valence-electron chi connectivity index (χ0n) is 15.4. The molecule has 0 aliphatic heterocycles. The van der Waals surface area contributed by atoms with Gasteiger partial charge in [-0.05, 0) is 47.9 Å². The molecule has 2 nitrogen and oxygen atoms in total. The van der Waals surface area contributed by atoms with Crippen molar-refractivity contribution < 1.29 is 18.4 Å². The fraction of sp³-hybridized carbons (Fsp3) is 0.136. The van der Waals surface area contributed by atoms with Gasteiger partial charge in [0.1, 0.15) is 17.5 Å². The van der Waals surface area contributed by atoms with Gasteiger partial charge in [0.05, 0.1) is 11.8 Å². The normalized spacial score (nSPS) is 11.7. The Bertz CT molecular complexity index is 1170. The minimum atomic E-state index is -0.801. The van der Waals surface area contributed by atoms with Crippen LogP contribution in [0.2, 0.25) is 0 Å². The highest BCUT2D eigenvalue weighted by atomic mass is 32.1. The smallest absolute Gasteiger partial charge is 0.135 e. The van der Waals surface area contributed by atoms with Crippen molar-refractivity contribution in [2.45, 2.75) is 19.8 Å². The first-order valence-electron chi connectivity index (χ1n) is 8.99. The van der Waals surface area contributed by atoms with Crippen molar-refractivity contribution in [3.63, 3.8) is 0 Å². The molecule has 2 aromatic heterocycles. The summed E-state index contributed by atoms with van der Waals surface area (Å²) in [7, 11) is 0. The van der Waals surface area contributed by atoms with E-state index in [0.29, 0.717) is 16.0 Å². The first-order valence-corrected chi connectivity index (χ1v) is 10.6. The van der Waals surface area contributed by atoms with E-state index in [1.807, 2.05) is 24.3 Å². The summed E-state index contributed by atoms with van der Waals surface area (Å²) in [6.07, 6.45) is 2.54. The van der Waals surface area contributed by atoms with Crippen molar-refractivity contribution in [2.24, 2.45) is 5.16 Å². The van der Waals surface area contributed by atoms with Gasteiger partial charge in [-0.15, -0.1) is 22.7 Å². The number of thiophene rings is 2. The van der Waals surface area contributed by atoms with Gasteiger partial charge in [-0.2, -0.15) is 0 Å². The van der Waals surface area contributed by atoms with Crippen molar-refractivity contribution in [2.75, 3.05) is 0 Å². The summed E-state index contributed by atoms with van der Waals surface area (Å²) in [5.74, 6) is -1.84. The molecule has 0 spiro atoms. The molecular weight excluding hydrogens is 415 g/mol. The molecule has 1 N–H and O–H groups in total. The molecule has 0 aliphatic carbocycles. The van der Waals surface area contributed by atoms with Gasteiger partial charge >= 0.3 is 0 Å². The minimum absolute atomic E-state index is 0.240. The zero-order valence-corrected chi connectivity index (χ0v) is 17.0. The molecule has 0 unspecified atom stereocenters. The summed E-state index contributed by atoms with van der Waals surface area (Å²) in [4.78, 5) is 1.53. The lowest BCUT2D eigenvalue weighted by atomic mass is 10.1. The molecule has 0 saturated heterocycles. The topological polar surface area (TPSA) is 32.6 Å². The summed E-state index contributed by atoms with van der Waals surface area (Å²) in [6.45, 7) is 2.06. The van der Waals surface area contributed by atoms with E-state index in [4.69, 9.17) is 5.21 Å². The van der Waals surface area contributed by atoms with Crippen LogP contribution in [0.5, 0.6) is 0 Å². The quantitative estimate of drug-likeness (QED) is 0.198. The summed E-state index contributed by atoms with van der Waals surface area (Å²) < 4.78 is 44.6. The number of oxime groups is 1. The van der Waals surface area contributed by atoms with Crippen LogP contribution < -0.4 is 0 Å². The predicted molar refractivity (Wildman–Crippen MR) is 114 cm³/mol. The summed E-state index contributed by atoms with van der Waals surface area (Å²) in [5, 5.41) is 11.2. The second-order valence-corrected chi connectivity index (χ2v) is 8.78. The number of hydrogen-bond donors (Lipinski definition) is 1. The van der Waals surface area contributed by atoms with E-state index in [9.17, 15) is 13.2 Å². The average Bonchev–Trinajstić information content (AvgIpc) is 3.24. The Labute approximate surface area is 173 Å². The second-order valence-electron chi connectivity index (χ2n) is 6.61. The first kappa shape index (κ1) is 19.7. The molecule has 0 bridgehead atoms. The van der Waals surface area contributed by atoms with E-state index in [1.165, 1.54) is 34.8 Å². The van der Waals surface area contributed by atoms with Crippen LogP contribution in [-0.2, 0) is 6.42 Å². The van der Waals surface area contributed by atoms with Gasteiger partial charge in [-0.25, -0.2) is 13.2 Å². The summed E-state index contributed by atoms with van der Waals surface area (Å²) in [6, 6.07) is 11.5. The van der Waals surface area contributed by atoms with Gasteiger partial charge < -0.3 is 5.21 Å². The summed E-state index contributed by atoms with van der Waals surface area (Å²) >= 11 is 2.84. The van der Waals surface area contributed by atoms with E-state index < -0.39 is 11.6 Å². The Morgan fingerprint density at radius 3 is 2.17 bits per heavy atom. The number of nitrogens with zero attached hydrogens (tertiary/aromatic N) is 1. The van der Waals surface area contributed by atoms with Crippen LogP contribution in [0, 0.1) is 17.5 Å². The fourth-order valence-electron chi connectivity index (χ4n) is 3.22. The van der Waals surface area contributed by atoms with Crippen LogP contribution in [-0.4, -0.2) is 11.4 Å². The highest BCUT2D eigenvalue weighted by Crippen LogP contribution is 2.42. The third kappa shape index (κ3) is 3.80. The van der Waals surface area contributed by atoms with Crippen molar-refractivity contribution >= 4 is 38.3 Å². The van der Waals surface area contributed by atoms with Gasteiger partial charge in [0, 0.05) is 24.7 Å². The van der Waals surface area contributed by atoms with Crippen LogP contribution in [0.3, 0.4) is 0 Å². The molecular formula is C22H16F3NOS2. The van der Waals surface area contributed by atoms with E-state index in [0.717, 1.165) is 38.9 Å². The second kappa shape index (κ2) is 8.00. The molecule has 0 radical (unpaired) electrons. The maximum Gasteiger partial charge on any atom is 0.135 e. The largest absolute Gasteiger partial charge is 0.411 e. The standard InChI is InChI=1S/C22H16F3NOS2/c1-2-3-12-4-5-14(16(23)6-12)20-10-22-21(29-20)9-19(28-22)13-7-17(24)15(11-26-27)18(25)8-13/h4-11,27H,2-3H2,1H3/b26-11+. The molecule has 4 rings (SSSR count). The van der Waals surface area contributed by atoms with E-state index in [-0.39, 0.29) is 11.4 Å². The van der Waals surface area contributed by atoms with Crippen molar-refractivity contribution in [3.05, 3.63) is 71.0 Å². The van der Waals surface area contributed by atoms with Gasteiger partial charge in [-0.3, -0.25) is 0 Å². The predicted octanol–water partition coefficient (Wildman–Crippen LogP) is 7.47. The lowest BCUT2D eigenvalue weighted by Gasteiger charge is -2.04. The van der Waals surface area contributed by atoms with Crippen LogP contribution in [0.25, 0.3) is 30.3 Å². The monoisotopic (exact) mass is 431 g/mol. The molecule has 0 atom stereocenters. The van der Waals surface area contributed by atoms with E-state index in [2.05, 4.69) is 12.1 Å². The molecule has 0 fully saturated rings. The lowest BCUT2D eigenvalue weighted by molar-refractivity contribution is 0.321. The van der Waals surface area contributed by atoms with Crippen LogP contribution in [0.15, 0.2) is 47.6 Å². The SMILES string of the molecule is CCCc1ccc(-c2cc3sc(-c4cc(F)c(/C=N/O)c(F)c4)cc3s2)c(F)c1. The molecule has 2 heterocycles. The highest BCUT2D eigenvalue weighted by Gasteiger charge is 2.16. The number of halogens is 3. The van der Waals surface area contributed by atoms with Gasteiger partial charge in [-0.1, -0.05) is 30.6 Å². The van der Waals surface area contributed by atoms with Crippen molar-refractivity contribution in [1.29, 1.82) is 0 Å². The van der Waals surface area contributed by atoms with E-state index >= 15 is 0 Å². The lowest BCUT2D eigenvalue weighted by Crippen LogP contribution is -1.95. The van der Waals surface area contributed by atoms with Crippen LogP contribution in [0.4, 0.5) is 13.2 Å². The number of aryl methyl sites for hydroxylation is 1. The number of hydrogen-bond acceptors (Lipinski definition) is 4. The minimum Gasteiger partial charge on any atom is -0.411 e. The Kier molecular flexibility index (Phi) is 5.43. The Hall–Kier alpha value is -2.64. The van der Waals surface area contributed by atoms with Crippen LogP contribution in [0.1, 0.15) is 24.5 Å². The van der Waals surface area contributed by atoms with E-state index in [1.54, 1.807) is 6.07 Å². The molecule has 0 saturated carbocycles. The zero-order chi connectivity index (χ0) is 20.5. The maximum atomic E-state index is 14.5. The van der Waals surface area contributed by atoms with Crippen molar-refractivity contribution in [1.82, 2.24) is 0 Å². The molecule has 148 valence electrons. The number of benzene rings is 2. The first-order chi connectivity index (χ1) is 14.0. The Morgan fingerprint density at radius 1 is 0.897 bits per heavy atom.